The second kappa shape index (κ2) is 7.17. The molecule has 6 heteroatoms. The fraction of sp³-hybridized carbons (Fsp3) is 0.300. The summed E-state index contributed by atoms with van der Waals surface area (Å²) in [5.74, 6) is 0.615. The van der Waals surface area contributed by atoms with Crippen molar-refractivity contribution in [2.24, 2.45) is 0 Å². The van der Waals surface area contributed by atoms with Crippen molar-refractivity contribution in [3.8, 4) is 0 Å². The predicted octanol–water partition coefficient (Wildman–Crippen LogP) is 3.22. The van der Waals surface area contributed by atoms with Gasteiger partial charge in [-0.05, 0) is 30.5 Å². The average molecular weight is 349 g/mol. The summed E-state index contributed by atoms with van der Waals surface area (Å²) in [5.41, 5.74) is 2.85. The van der Waals surface area contributed by atoms with Crippen molar-refractivity contribution in [3.05, 3.63) is 71.7 Å². The maximum atomic E-state index is 12.5. The van der Waals surface area contributed by atoms with Crippen LogP contribution in [0.1, 0.15) is 34.1 Å². The zero-order valence-electron chi connectivity index (χ0n) is 14.9. The fourth-order valence-electron chi connectivity index (χ4n) is 3.57. The van der Waals surface area contributed by atoms with Crippen LogP contribution in [-0.4, -0.2) is 38.7 Å². The first-order valence-electron chi connectivity index (χ1n) is 8.96. The minimum atomic E-state index is -0.131. The van der Waals surface area contributed by atoms with E-state index in [9.17, 15) is 4.79 Å². The van der Waals surface area contributed by atoms with Crippen molar-refractivity contribution in [1.29, 1.82) is 0 Å². The third-order valence-corrected chi connectivity index (χ3v) is 4.94. The van der Waals surface area contributed by atoms with Gasteiger partial charge in [0, 0.05) is 31.9 Å². The highest BCUT2D eigenvalue weighted by molar-refractivity contribution is 6.03. The molecule has 6 nitrogen and oxygen atoms in total. The lowest BCUT2D eigenvalue weighted by molar-refractivity contribution is 0.102. The van der Waals surface area contributed by atoms with Gasteiger partial charge in [-0.25, -0.2) is 4.68 Å². The van der Waals surface area contributed by atoms with Gasteiger partial charge in [0.1, 0.15) is 11.5 Å². The number of benzene rings is 1. The Morgan fingerprint density at radius 1 is 1.27 bits per heavy atom. The first-order valence-corrected chi connectivity index (χ1v) is 8.96. The van der Waals surface area contributed by atoms with Gasteiger partial charge in [0.05, 0.1) is 12.2 Å². The smallest absolute Gasteiger partial charge is 0.273 e. The van der Waals surface area contributed by atoms with Crippen molar-refractivity contribution in [2.45, 2.75) is 25.9 Å². The van der Waals surface area contributed by atoms with Crippen LogP contribution < -0.4 is 5.32 Å². The van der Waals surface area contributed by atoms with Crippen molar-refractivity contribution in [2.75, 3.05) is 18.4 Å². The van der Waals surface area contributed by atoms with Crippen LogP contribution in [0, 0.1) is 6.92 Å². The van der Waals surface area contributed by atoms with Crippen molar-refractivity contribution >= 4 is 11.7 Å². The quantitative estimate of drug-likeness (QED) is 0.743. The summed E-state index contributed by atoms with van der Waals surface area (Å²) in [7, 11) is 0. The SMILES string of the molecule is Cc1cc[nH]c1C(=O)Nc1ccnn1C1CCN(Cc2ccccc2)C1. The molecule has 1 fully saturated rings. The van der Waals surface area contributed by atoms with Gasteiger partial charge in [-0.3, -0.25) is 9.69 Å². The summed E-state index contributed by atoms with van der Waals surface area (Å²) in [6.07, 6.45) is 4.55. The lowest BCUT2D eigenvalue weighted by Crippen LogP contribution is -2.23. The number of carbonyl (C=O) groups excluding carboxylic acids is 1. The number of hydrogen-bond donors (Lipinski definition) is 2. The predicted molar refractivity (Wildman–Crippen MR) is 101 cm³/mol. The molecule has 0 aliphatic carbocycles. The molecule has 1 aromatic carbocycles. The van der Waals surface area contributed by atoms with E-state index in [-0.39, 0.29) is 11.9 Å². The highest BCUT2D eigenvalue weighted by Crippen LogP contribution is 2.26. The number of amides is 1. The van der Waals surface area contributed by atoms with Gasteiger partial charge >= 0.3 is 0 Å². The lowest BCUT2D eigenvalue weighted by Gasteiger charge is -2.18. The number of anilines is 1. The molecular formula is C20H23N5O. The second-order valence-electron chi connectivity index (χ2n) is 6.81. The first kappa shape index (κ1) is 16.6. The molecule has 1 atom stereocenters. The van der Waals surface area contributed by atoms with Crippen LogP contribution in [0.5, 0.6) is 0 Å². The van der Waals surface area contributed by atoms with Crippen molar-refractivity contribution in [1.82, 2.24) is 19.7 Å². The summed E-state index contributed by atoms with van der Waals surface area (Å²) in [6, 6.07) is 14.5. The van der Waals surface area contributed by atoms with Gasteiger partial charge in [0.2, 0.25) is 0 Å². The van der Waals surface area contributed by atoms with Crippen LogP contribution in [0.4, 0.5) is 5.82 Å². The minimum absolute atomic E-state index is 0.131. The fourth-order valence-corrected chi connectivity index (χ4v) is 3.57. The molecule has 0 bridgehead atoms. The van der Waals surface area contributed by atoms with E-state index in [2.05, 4.69) is 44.6 Å². The van der Waals surface area contributed by atoms with Gasteiger partial charge in [-0.1, -0.05) is 30.3 Å². The Morgan fingerprint density at radius 3 is 2.88 bits per heavy atom. The number of aromatic nitrogens is 3. The van der Waals surface area contributed by atoms with Gasteiger partial charge in [0.15, 0.2) is 0 Å². The Kier molecular flexibility index (Phi) is 4.58. The Labute approximate surface area is 152 Å². The number of aryl methyl sites for hydroxylation is 1. The number of likely N-dealkylation sites (tertiary alicyclic amines) is 1. The summed E-state index contributed by atoms with van der Waals surface area (Å²) >= 11 is 0. The number of rotatable bonds is 5. The largest absolute Gasteiger partial charge is 0.357 e. The molecule has 3 aromatic rings. The molecule has 1 saturated heterocycles. The highest BCUT2D eigenvalue weighted by atomic mass is 16.2. The van der Waals surface area contributed by atoms with Crippen LogP contribution in [0.3, 0.4) is 0 Å². The third-order valence-electron chi connectivity index (χ3n) is 4.94. The van der Waals surface area contributed by atoms with Crippen LogP contribution in [0.2, 0.25) is 0 Å². The van der Waals surface area contributed by atoms with Gasteiger partial charge in [0.25, 0.3) is 5.91 Å². The van der Waals surface area contributed by atoms with E-state index in [1.807, 2.05) is 29.8 Å². The van der Waals surface area contributed by atoms with Gasteiger partial charge in [-0.2, -0.15) is 5.10 Å². The normalized spacial score (nSPS) is 17.5. The number of H-pyrrole nitrogens is 1. The van der Waals surface area contributed by atoms with E-state index in [4.69, 9.17) is 0 Å². The Morgan fingerprint density at radius 2 is 2.12 bits per heavy atom. The summed E-state index contributed by atoms with van der Waals surface area (Å²) in [5, 5.41) is 7.45. The molecule has 2 N–H and O–H groups in total. The van der Waals surface area contributed by atoms with Crippen LogP contribution in [0.15, 0.2) is 54.9 Å². The van der Waals surface area contributed by atoms with Crippen LogP contribution in [0.25, 0.3) is 0 Å². The number of nitrogens with one attached hydrogen (secondary N) is 2. The Bertz CT molecular complexity index is 883. The van der Waals surface area contributed by atoms with E-state index in [0.717, 1.165) is 37.4 Å². The summed E-state index contributed by atoms with van der Waals surface area (Å²) in [6.45, 7) is 4.83. The molecule has 3 heterocycles. The van der Waals surface area contributed by atoms with Crippen LogP contribution in [-0.2, 0) is 6.54 Å². The third kappa shape index (κ3) is 3.41. The summed E-state index contributed by atoms with van der Waals surface area (Å²) in [4.78, 5) is 17.9. The van der Waals surface area contributed by atoms with Crippen molar-refractivity contribution in [3.63, 3.8) is 0 Å². The molecule has 0 spiro atoms. The molecule has 0 saturated carbocycles. The average Bonchev–Trinajstić information content (AvgIpc) is 3.37. The molecule has 1 aliphatic rings. The summed E-state index contributed by atoms with van der Waals surface area (Å²) < 4.78 is 1.95. The number of nitrogens with zero attached hydrogens (tertiary/aromatic N) is 3. The number of carbonyl (C=O) groups is 1. The zero-order chi connectivity index (χ0) is 17.9. The maximum absolute atomic E-state index is 12.5. The minimum Gasteiger partial charge on any atom is -0.357 e. The molecule has 134 valence electrons. The van der Waals surface area contributed by atoms with Gasteiger partial charge < -0.3 is 10.3 Å². The van der Waals surface area contributed by atoms with Crippen LogP contribution >= 0.6 is 0 Å². The van der Waals surface area contributed by atoms with E-state index in [1.165, 1.54) is 5.56 Å². The molecule has 26 heavy (non-hydrogen) atoms. The van der Waals surface area contributed by atoms with Crippen molar-refractivity contribution < 1.29 is 4.79 Å². The molecule has 1 amide bonds. The van der Waals surface area contributed by atoms with E-state index < -0.39 is 0 Å². The Hall–Kier alpha value is -2.86. The molecule has 0 radical (unpaired) electrons. The molecule has 1 aliphatic heterocycles. The Balaban J connectivity index is 1.42. The van der Waals surface area contributed by atoms with E-state index in [1.54, 1.807) is 12.4 Å². The number of hydrogen-bond acceptors (Lipinski definition) is 3. The highest BCUT2D eigenvalue weighted by Gasteiger charge is 2.26. The first-order chi connectivity index (χ1) is 12.7. The topological polar surface area (TPSA) is 66.0 Å². The molecular weight excluding hydrogens is 326 g/mol. The van der Waals surface area contributed by atoms with E-state index in [0.29, 0.717) is 5.69 Å². The maximum Gasteiger partial charge on any atom is 0.273 e. The van der Waals surface area contributed by atoms with Gasteiger partial charge in [-0.15, -0.1) is 0 Å². The standard InChI is InChI=1S/C20H23N5O/c1-15-7-10-21-19(15)20(26)23-18-8-11-22-25(18)17-9-12-24(14-17)13-16-5-3-2-4-6-16/h2-8,10-11,17,21H,9,12-14H2,1H3,(H,23,26). The monoisotopic (exact) mass is 349 g/mol. The number of aromatic amines is 1. The molecule has 1 unspecified atom stereocenters. The molecule has 2 aromatic heterocycles. The van der Waals surface area contributed by atoms with E-state index >= 15 is 0 Å². The zero-order valence-corrected chi connectivity index (χ0v) is 14.9. The molecule has 4 rings (SSSR count). The lowest BCUT2D eigenvalue weighted by atomic mass is 10.2. The second-order valence-corrected chi connectivity index (χ2v) is 6.81.